The van der Waals surface area contributed by atoms with Crippen molar-refractivity contribution in [1.82, 2.24) is 0 Å². The number of carboxylic acid groups (broad SMARTS) is 1. The van der Waals surface area contributed by atoms with Gasteiger partial charge in [0.05, 0.1) is 0 Å². The first-order valence-corrected chi connectivity index (χ1v) is 5.27. The van der Waals surface area contributed by atoms with Gasteiger partial charge in [-0.05, 0) is 25.3 Å². The minimum Gasteiger partial charge on any atom is -0.481 e. The van der Waals surface area contributed by atoms with Crippen LogP contribution in [0.5, 0.6) is 0 Å². The highest BCUT2D eigenvalue weighted by molar-refractivity contribution is 5.66. The van der Waals surface area contributed by atoms with Crippen LogP contribution < -0.4 is 4.57 Å². The van der Waals surface area contributed by atoms with Gasteiger partial charge in [0, 0.05) is 25.0 Å². The zero-order valence-electron chi connectivity index (χ0n) is 9.36. The van der Waals surface area contributed by atoms with Crippen molar-refractivity contribution in [2.75, 3.05) is 0 Å². The maximum Gasteiger partial charge on any atom is 0.303 e. The van der Waals surface area contributed by atoms with E-state index in [2.05, 4.69) is 17.6 Å². The zero-order chi connectivity index (χ0) is 11.3. The molecular weight excluding hydrogens is 190 g/mol. The molecule has 1 rings (SSSR count). The van der Waals surface area contributed by atoms with E-state index in [1.807, 2.05) is 19.3 Å². The van der Waals surface area contributed by atoms with Crippen molar-refractivity contribution in [2.24, 2.45) is 7.05 Å². The monoisotopic (exact) mass is 208 g/mol. The number of carbonyl (C=O) groups is 1. The van der Waals surface area contributed by atoms with Crippen molar-refractivity contribution in [2.45, 2.75) is 32.6 Å². The van der Waals surface area contributed by atoms with Gasteiger partial charge in [0.2, 0.25) is 0 Å². The molecule has 1 aromatic heterocycles. The van der Waals surface area contributed by atoms with Gasteiger partial charge in [0.25, 0.3) is 0 Å². The van der Waals surface area contributed by atoms with Gasteiger partial charge in [-0.2, -0.15) is 0 Å². The summed E-state index contributed by atoms with van der Waals surface area (Å²) in [5.74, 6) is -0.703. The van der Waals surface area contributed by atoms with Gasteiger partial charge in [-0.1, -0.05) is 0 Å². The van der Waals surface area contributed by atoms with E-state index in [1.165, 1.54) is 11.3 Å². The lowest BCUT2D eigenvalue weighted by atomic mass is 10.1. The second kappa shape index (κ2) is 5.49. The number of hydrogen-bond donors (Lipinski definition) is 1. The molecule has 3 nitrogen and oxygen atoms in total. The summed E-state index contributed by atoms with van der Waals surface area (Å²) in [4.78, 5) is 10.3. The molecule has 82 valence electrons. The largest absolute Gasteiger partial charge is 0.481 e. The van der Waals surface area contributed by atoms with E-state index >= 15 is 0 Å². The summed E-state index contributed by atoms with van der Waals surface area (Å²) < 4.78 is 2.09. The second-order valence-corrected chi connectivity index (χ2v) is 3.83. The molecule has 0 saturated heterocycles. The predicted octanol–water partition coefficient (Wildman–Crippen LogP) is 1.62. The molecule has 0 saturated carbocycles. The molecule has 0 aliphatic heterocycles. The van der Waals surface area contributed by atoms with Crippen LogP contribution in [0.25, 0.3) is 0 Å². The van der Waals surface area contributed by atoms with Gasteiger partial charge in [-0.25, -0.2) is 4.57 Å². The smallest absolute Gasteiger partial charge is 0.303 e. The van der Waals surface area contributed by atoms with E-state index in [4.69, 9.17) is 5.11 Å². The Labute approximate surface area is 90.4 Å². The number of aliphatic carboxylic acids is 1. The molecule has 0 aliphatic carbocycles. The third-order valence-corrected chi connectivity index (χ3v) is 2.69. The molecule has 0 atom stereocenters. The minimum absolute atomic E-state index is 0.276. The number of aryl methyl sites for hydroxylation is 2. The predicted molar refractivity (Wildman–Crippen MR) is 57.5 cm³/mol. The van der Waals surface area contributed by atoms with Crippen LogP contribution in [0, 0.1) is 6.92 Å². The number of pyridine rings is 1. The van der Waals surface area contributed by atoms with Crippen LogP contribution in [-0.2, 0) is 18.3 Å². The topological polar surface area (TPSA) is 41.2 Å². The standard InChI is InChI=1S/C12H17NO2/c1-10-11(7-5-9-13(10)2)6-3-4-8-12(14)15/h5,7,9H,3-4,6,8H2,1-2H3/p+1. The Kier molecular flexibility index (Phi) is 4.28. The summed E-state index contributed by atoms with van der Waals surface area (Å²) in [7, 11) is 2.02. The summed E-state index contributed by atoms with van der Waals surface area (Å²) >= 11 is 0. The average molecular weight is 208 g/mol. The van der Waals surface area contributed by atoms with Gasteiger partial charge in [0.15, 0.2) is 11.9 Å². The van der Waals surface area contributed by atoms with Crippen LogP contribution in [0.15, 0.2) is 18.3 Å². The fourth-order valence-electron chi connectivity index (χ4n) is 1.60. The molecule has 1 aromatic rings. The van der Waals surface area contributed by atoms with Gasteiger partial charge in [0.1, 0.15) is 7.05 Å². The molecule has 0 unspecified atom stereocenters. The van der Waals surface area contributed by atoms with E-state index in [1.54, 1.807) is 0 Å². The van der Waals surface area contributed by atoms with E-state index in [0.29, 0.717) is 0 Å². The Hall–Kier alpha value is -1.38. The molecule has 15 heavy (non-hydrogen) atoms. The molecule has 1 heterocycles. The number of rotatable bonds is 5. The molecule has 0 amide bonds. The number of aromatic nitrogens is 1. The Bertz CT molecular complexity index is 347. The first-order valence-electron chi connectivity index (χ1n) is 5.27. The fraction of sp³-hybridized carbons (Fsp3) is 0.500. The highest BCUT2D eigenvalue weighted by atomic mass is 16.4. The SMILES string of the molecule is Cc1c(CCCCC(=O)O)ccc[n+]1C. The van der Waals surface area contributed by atoms with Crippen molar-refractivity contribution < 1.29 is 14.5 Å². The summed E-state index contributed by atoms with van der Waals surface area (Å²) in [5, 5.41) is 8.51. The summed E-state index contributed by atoms with van der Waals surface area (Å²) in [6, 6.07) is 4.13. The van der Waals surface area contributed by atoms with Crippen LogP contribution >= 0.6 is 0 Å². The van der Waals surface area contributed by atoms with E-state index in [9.17, 15) is 4.79 Å². The molecule has 1 N–H and O–H groups in total. The van der Waals surface area contributed by atoms with Crippen molar-refractivity contribution >= 4 is 5.97 Å². The first-order chi connectivity index (χ1) is 7.11. The molecule has 0 bridgehead atoms. The van der Waals surface area contributed by atoms with Crippen LogP contribution in [0.2, 0.25) is 0 Å². The van der Waals surface area contributed by atoms with Crippen molar-refractivity contribution in [3.05, 3.63) is 29.6 Å². The van der Waals surface area contributed by atoms with Crippen LogP contribution in [0.4, 0.5) is 0 Å². The second-order valence-electron chi connectivity index (χ2n) is 3.83. The number of hydrogen-bond acceptors (Lipinski definition) is 1. The molecule has 0 fully saturated rings. The van der Waals surface area contributed by atoms with E-state index < -0.39 is 5.97 Å². The summed E-state index contributed by atoms with van der Waals surface area (Å²) in [6.45, 7) is 2.09. The number of nitrogens with zero attached hydrogens (tertiary/aromatic N) is 1. The minimum atomic E-state index is -0.703. The summed E-state index contributed by atoms with van der Waals surface area (Å²) in [5.41, 5.74) is 2.57. The van der Waals surface area contributed by atoms with E-state index in [-0.39, 0.29) is 6.42 Å². The lowest BCUT2D eigenvalue weighted by Gasteiger charge is -2.02. The zero-order valence-corrected chi connectivity index (χ0v) is 9.36. The van der Waals surface area contributed by atoms with Crippen molar-refractivity contribution in [3.8, 4) is 0 Å². The van der Waals surface area contributed by atoms with Gasteiger partial charge in [-0.3, -0.25) is 4.79 Å². The maximum atomic E-state index is 10.3. The normalized spacial score (nSPS) is 10.3. The van der Waals surface area contributed by atoms with Crippen LogP contribution in [0.3, 0.4) is 0 Å². The Morgan fingerprint density at radius 3 is 2.87 bits per heavy atom. The van der Waals surface area contributed by atoms with Crippen LogP contribution in [0.1, 0.15) is 30.5 Å². The molecule has 0 aromatic carbocycles. The number of carboxylic acids is 1. The molecular formula is C12H18NO2+. The van der Waals surface area contributed by atoms with Gasteiger partial charge in [-0.15, -0.1) is 0 Å². The van der Waals surface area contributed by atoms with Crippen LogP contribution in [-0.4, -0.2) is 11.1 Å². The van der Waals surface area contributed by atoms with Gasteiger partial charge < -0.3 is 5.11 Å². The Balaban J connectivity index is 2.44. The highest BCUT2D eigenvalue weighted by Crippen LogP contribution is 2.08. The maximum absolute atomic E-state index is 10.3. The first kappa shape index (κ1) is 11.7. The molecule has 0 aliphatic rings. The molecule has 0 spiro atoms. The summed E-state index contributed by atoms with van der Waals surface area (Å²) in [6.07, 6.45) is 4.96. The third kappa shape index (κ3) is 3.70. The average Bonchev–Trinajstić information content (AvgIpc) is 2.18. The Morgan fingerprint density at radius 2 is 2.20 bits per heavy atom. The Morgan fingerprint density at radius 1 is 1.47 bits per heavy atom. The fourth-order valence-corrected chi connectivity index (χ4v) is 1.60. The lowest BCUT2D eigenvalue weighted by Crippen LogP contribution is -2.32. The lowest BCUT2D eigenvalue weighted by molar-refractivity contribution is -0.678. The van der Waals surface area contributed by atoms with Crippen molar-refractivity contribution in [3.63, 3.8) is 0 Å². The van der Waals surface area contributed by atoms with Crippen molar-refractivity contribution in [1.29, 1.82) is 0 Å². The quantitative estimate of drug-likeness (QED) is 0.590. The highest BCUT2D eigenvalue weighted by Gasteiger charge is 2.06. The molecule has 3 heteroatoms. The van der Waals surface area contributed by atoms with E-state index in [0.717, 1.165) is 19.3 Å². The molecule has 0 radical (unpaired) electrons. The van der Waals surface area contributed by atoms with Gasteiger partial charge >= 0.3 is 5.97 Å². The third-order valence-electron chi connectivity index (χ3n) is 2.69. The number of unbranched alkanes of at least 4 members (excludes halogenated alkanes) is 1.